The second kappa shape index (κ2) is 8.72. The molecule has 1 aliphatic rings. The third-order valence-corrected chi connectivity index (χ3v) is 6.09. The number of rotatable bonds is 3. The normalized spacial score (nSPS) is 15.2. The number of carbonyl (C=O) groups is 1. The fourth-order valence-corrected chi connectivity index (χ4v) is 4.66. The molecule has 1 N–H and O–H groups in total. The van der Waals surface area contributed by atoms with Crippen molar-refractivity contribution in [2.45, 2.75) is 39.2 Å². The lowest BCUT2D eigenvalue weighted by Gasteiger charge is -2.34. The van der Waals surface area contributed by atoms with E-state index in [2.05, 4.69) is 39.9 Å². The quantitative estimate of drug-likeness (QED) is 0.596. The number of hydrogen-bond acceptors (Lipinski definition) is 4. The van der Waals surface area contributed by atoms with E-state index < -0.39 is 0 Å². The van der Waals surface area contributed by atoms with Gasteiger partial charge in [-0.25, -0.2) is 4.98 Å². The molecular formula is C23H28ClN3OS. The molecule has 29 heavy (non-hydrogen) atoms. The van der Waals surface area contributed by atoms with Crippen LogP contribution in [0.3, 0.4) is 0 Å². The third kappa shape index (κ3) is 4.90. The maximum Gasteiger partial charge on any atom is 0.223 e. The van der Waals surface area contributed by atoms with Gasteiger partial charge in [-0.05, 0) is 51.1 Å². The van der Waals surface area contributed by atoms with Crippen LogP contribution in [0.1, 0.15) is 33.6 Å². The summed E-state index contributed by atoms with van der Waals surface area (Å²) in [7, 11) is 0. The third-order valence-electron chi connectivity index (χ3n) is 5.17. The van der Waals surface area contributed by atoms with Gasteiger partial charge in [0.15, 0.2) is 0 Å². The van der Waals surface area contributed by atoms with Crippen LogP contribution in [-0.4, -0.2) is 29.5 Å². The number of benzene rings is 1. The second-order valence-electron chi connectivity index (χ2n) is 8.53. The van der Waals surface area contributed by atoms with Crippen LogP contribution in [0.2, 0.25) is 0 Å². The fraction of sp³-hybridized carbons (Fsp3) is 0.391. The van der Waals surface area contributed by atoms with Crippen molar-refractivity contribution in [1.29, 1.82) is 0 Å². The summed E-state index contributed by atoms with van der Waals surface area (Å²) in [5.41, 5.74) is 4.26. The molecule has 0 saturated carbocycles. The molecule has 1 saturated heterocycles. The van der Waals surface area contributed by atoms with Crippen molar-refractivity contribution in [1.82, 2.24) is 10.3 Å². The highest BCUT2D eigenvalue weighted by Gasteiger charge is 2.28. The Morgan fingerprint density at radius 2 is 1.83 bits per heavy atom. The number of nitrogens with one attached hydrogen (secondary N) is 1. The van der Waals surface area contributed by atoms with Crippen LogP contribution in [0.5, 0.6) is 0 Å². The van der Waals surface area contributed by atoms with Crippen molar-refractivity contribution in [2.75, 3.05) is 18.0 Å². The Kier molecular flexibility index (Phi) is 6.49. The number of piperidine rings is 1. The van der Waals surface area contributed by atoms with Gasteiger partial charge in [0.2, 0.25) is 5.91 Å². The lowest BCUT2D eigenvalue weighted by molar-refractivity contribution is -0.127. The Bertz CT molecular complexity index is 973. The van der Waals surface area contributed by atoms with E-state index in [-0.39, 0.29) is 29.8 Å². The van der Waals surface area contributed by atoms with Crippen molar-refractivity contribution in [3.05, 3.63) is 47.8 Å². The molecule has 2 aromatic heterocycles. The Morgan fingerprint density at radius 1 is 1.14 bits per heavy atom. The molecule has 0 atom stereocenters. The number of thiophene rings is 1. The Balaban J connectivity index is 0.00000240. The van der Waals surface area contributed by atoms with Crippen LogP contribution in [-0.2, 0) is 4.79 Å². The van der Waals surface area contributed by atoms with E-state index in [4.69, 9.17) is 4.98 Å². The summed E-state index contributed by atoms with van der Waals surface area (Å²) in [6.07, 6.45) is 1.77. The summed E-state index contributed by atoms with van der Waals surface area (Å²) < 4.78 is 1.23. The smallest absolute Gasteiger partial charge is 0.223 e. The summed E-state index contributed by atoms with van der Waals surface area (Å²) in [6.45, 7) is 7.90. The van der Waals surface area contributed by atoms with Crippen LogP contribution < -0.4 is 10.2 Å². The molecule has 3 aromatic rings. The molecule has 0 spiro atoms. The van der Waals surface area contributed by atoms with E-state index in [1.807, 2.05) is 39.0 Å². The lowest BCUT2D eigenvalue weighted by Crippen LogP contribution is -2.47. The zero-order valence-corrected chi connectivity index (χ0v) is 18.8. The van der Waals surface area contributed by atoms with Gasteiger partial charge in [-0.1, -0.05) is 30.3 Å². The van der Waals surface area contributed by atoms with E-state index in [1.165, 1.54) is 10.4 Å². The van der Waals surface area contributed by atoms with E-state index in [9.17, 15) is 4.79 Å². The minimum absolute atomic E-state index is 0. The van der Waals surface area contributed by atoms with Crippen LogP contribution in [0.4, 0.5) is 5.69 Å². The number of fused-ring (bicyclic) bond motifs is 1. The fourth-order valence-electron chi connectivity index (χ4n) is 3.79. The van der Waals surface area contributed by atoms with Gasteiger partial charge in [0.1, 0.15) is 0 Å². The monoisotopic (exact) mass is 429 g/mol. The molecule has 1 amide bonds. The molecule has 4 rings (SSSR count). The summed E-state index contributed by atoms with van der Waals surface area (Å²) in [5, 5.41) is 5.24. The predicted molar refractivity (Wildman–Crippen MR) is 125 cm³/mol. The van der Waals surface area contributed by atoms with Crippen molar-refractivity contribution in [3.63, 3.8) is 0 Å². The number of aromatic nitrogens is 1. The van der Waals surface area contributed by atoms with Crippen LogP contribution >= 0.6 is 23.7 Å². The van der Waals surface area contributed by atoms with E-state index in [0.29, 0.717) is 0 Å². The van der Waals surface area contributed by atoms with Gasteiger partial charge in [-0.2, -0.15) is 0 Å². The van der Waals surface area contributed by atoms with E-state index >= 15 is 0 Å². The van der Waals surface area contributed by atoms with Crippen molar-refractivity contribution in [2.24, 2.45) is 5.92 Å². The number of anilines is 1. The van der Waals surface area contributed by atoms with Gasteiger partial charge in [0.25, 0.3) is 0 Å². The molecule has 3 heterocycles. The number of nitrogens with zero attached hydrogens (tertiary/aromatic N) is 2. The number of carbonyl (C=O) groups excluding carboxylic acids is 1. The minimum Gasteiger partial charge on any atom is -0.370 e. The Hall–Kier alpha value is -2.11. The first-order valence-electron chi connectivity index (χ1n) is 9.91. The second-order valence-corrected chi connectivity index (χ2v) is 9.44. The number of halogens is 1. The molecular weight excluding hydrogens is 402 g/mol. The standard InChI is InChI=1S/C23H27N3OS.ClH/c1-23(2,3)25-22(27)17-9-12-26(13-10-17)20-15-19(16-7-5-4-6-8-16)24-18-11-14-28-21(18)20;/h4-8,11,14-15,17H,9-10,12-13H2,1-3H3,(H,25,27);1H. The highest BCUT2D eigenvalue weighted by atomic mass is 35.5. The molecule has 0 aliphatic carbocycles. The molecule has 0 radical (unpaired) electrons. The average molecular weight is 430 g/mol. The molecule has 6 heteroatoms. The average Bonchev–Trinajstić information content (AvgIpc) is 3.15. The number of amides is 1. The summed E-state index contributed by atoms with van der Waals surface area (Å²) >= 11 is 1.74. The van der Waals surface area contributed by atoms with Crippen LogP contribution in [0, 0.1) is 5.92 Å². The van der Waals surface area contributed by atoms with Gasteiger partial charge in [-0.3, -0.25) is 4.79 Å². The lowest BCUT2D eigenvalue weighted by atomic mass is 9.94. The molecule has 0 bridgehead atoms. The van der Waals surface area contributed by atoms with Gasteiger partial charge >= 0.3 is 0 Å². The largest absolute Gasteiger partial charge is 0.370 e. The van der Waals surface area contributed by atoms with Crippen molar-refractivity contribution in [3.8, 4) is 11.3 Å². The molecule has 1 aliphatic heterocycles. The van der Waals surface area contributed by atoms with E-state index in [0.717, 1.165) is 42.7 Å². The van der Waals surface area contributed by atoms with Gasteiger partial charge in [-0.15, -0.1) is 23.7 Å². The zero-order valence-electron chi connectivity index (χ0n) is 17.1. The maximum atomic E-state index is 12.5. The Labute approximate surface area is 182 Å². The molecule has 4 nitrogen and oxygen atoms in total. The first-order chi connectivity index (χ1) is 13.4. The predicted octanol–water partition coefficient (Wildman–Crippen LogP) is 5.52. The molecule has 154 valence electrons. The first-order valence-corrected chi connectivity index (χ1v) is 10.8. The van der Waals surface area contributed by atoms with Gasteiger partial charge in [0, 0.05) is 30.1 Å². The van der Waals surface area contributed by atoms with Crippen LogP contribution in [0.25, 0.3) is 21.5 Å². The van der Waals surface area contributed by atoms with Gasteiger partial charge in [0.05, 0.1) is 21.6 Å². The first kappa shape index (κ1) is 21.6. The zero-order chi connectivity index (χ0) is 19.7. The van der Waals surface area contributed by atoms with E-state index in [1.54, 1.807) is 11.3 Å². The topological polar surface area (TPSA) is 45.2 Å². The maximum absolute atomic E-state index is 12.5. The highest BCUT2D eigenvalue weighted by molar-refractivity contribution is 7.17. The molecule has 0 unspecified atom stereocenters. The summed E-state index contributed by atoms with van der Waals surface area (Å²) in [6, 6.07) is 14.6. The SMILES string of the molecule is CC(C)(C)NC(=O)C1CCN(c2cc(-c3ccccc3)nc3ccsc23)CC1.Cl. The molecule has 1 aromatic carbocycles. The highest BCUT2D eigenvalue weighted by Crippen LogP contribution is 2.36. The van der Waals surface area contributed by atoms with Crippen LogP contribution in [0.15, 0.2) is 47.8 Å². The van der Waals surface area contributed by atoms with Gasteiger partial charge < -0.3 is 10.2 Å². The Morgan fingerprint density at radius 3 is 2.48 bits per heavy atom. The summed E-state index contributed by atoms with van der Waals surface area (Å²) in [5.74, 6) is 0.290. The van der Waals surface area contributed by atoms with Crippen molar-refractivity contribution < 1.29 is 4.79 Å². The van der Waals surface area contributed by atoms with Crippen molar-refractivity contribution >= 4 is 45.6 Å². The minimum atomic E-state index is -0.174. The number of hydrogen-bond donors (Lipinski definition) is 1. The summed E-state index contributed by atoms with van der Waals surface area (Å²) in [4.78, 5) is 19.8. The molecule has 1 fully saturated rings. The number of pyridine rings is 1.